The molecule has 154 valence electrons. The number of para-hydroxylation sites is 1. The number of rotatable bonds is 6. The zero-order valence-electron chi connectivity index (χ0n) is 17.1. The van der Waals surface area contributed by atoms with E-state index in [1.807, 2.05) is 38.1 Å². The number of ether oxygens (including phenoxy) is 1. The summed E-state index contributed by atoms with van der Waals surface area (Å²) in [6.07, 6.45) is 0. The molecule has 0 saturated carbocycles. The predicted molar refractivity (Wildman–Crippen MR) is 109 cm³/mol. The Balaban J connectivity index is 1.97. The molecule has 3 rings (SSSR count). The molecular formula is C23H27FN2O3. The minimum atomic E-state index is -0.551. The summed E-state index contributed by atoms with van der Waals surface area (Å²) in [5.41, 5.74) is 0.923. The first-order valence-electron chi connectivity index (χ1n) is 9.97. The highest BCUT2D eigenvalue weighted by Crippen LogP contribution is 2.39. The number of likely N-dealkylation sites (tertiary alicyclic amines) is 1. The smallest absolute Gasteiger partial charge is 0.256 e. The summed E-state index contributed by atoms with van der Waals surface area (Å²) in [5.74, 6) is -0.857. The van der Waals surface area contributed by atoms with Gasteiger partial charge in [0.25, 0.3) is 5.91 Å². The lowest BCUT2D eigenvalue weighted by molar-refractivity contribution is -0.135. The second kappa shape index (κ2) is 9.07. The molecule has 2 aromatic carbocycles. The standard InChI is InChI=1S/C23H27FN2O3/c1-4-25(5-2)23(28)19-15-26(22(27)17-11-6-8-12-20(17)24)14-18(19)16-10-7-9-13-21(16)29-3/h6-13,18-19H,4-5,14-15H2,1-3H3. The highest BCUT2D eigenvalue weighted by Gasteiger charge is 2.43. The summed E-state index contributed by atoms with van der Waals surface area (Å²) in [6.45, 7) is 5.68. The third-order valence-corrected chi connectivity index (χ3v) is 5.64. The van der Waals surface area contributed by atoms with Gasteiger partial charge in [-0.15, -0.1) is 0 Å². The number of carbonyl (C=O) groups is 2. The zero-order chi connectivity index (χ0) is 21.0. The molecule has 0 bridgehead atoms. The van der Waals surface area contributed by atoms with Crippen LogP contribution in [-0.4, -0.2) is 54.9 Å². The van der Waals surface area contributed by atoms with Crippen molar-refractivity contribution in [3.63, 3.8) is 0 Å². The van der Waals surface area contributed by atoms with Crippen LogP contribution in [0.25, 0.3) is 0 Å². The largest absolute Gasteiger partial charge is 0.496 e. The van der Waals surface area contributed by atoms with E-state index in [9.17, 15) is 14.0 Å². The maximum absolute atomic E-state index is 14.2. The Labute approximate surface area is 171 Å². The number of methoxy groups -OCH3 is 1. The summed E-state index contributed by atoms with van der Waals surface area (Å²) < 4.78 is 19.7. The molecule has 0 aliphatic carbocycles. The second-order valence-electron chi connectivity index (χ2n) is 7.16. The molecule has 6 heteroatoms. The molecule has 2 unspecified atom stereocenters. The van der Waals surface area contributed by atoms with Crippen LogP contribution in [-0.2, 0) is 4.79 Å². The van der Waals surface area contributed by atoms with E-state index >= 15 is 0 Å². The maximum Gasteiger partial charge on any atom is 0.256 e. The van der Waals surface area contributed by atoms with Gasteiger partial charge >= 0.3 is 0 Å². The SMILES string of the molecule is CCN(CC)C(=O)C1CN(C(=O)c2ccccc2F)CC1c1ccccc1OC. The maximum atomic E-state index is 14.2. The minimum Gasteiger partial charge on any atom is -0.496 e. The Kier molecular flexibility index (Phi) is 6.52. The van der Waals surface area contributed by atoms with E-state index in [-0.39, 0.29) is 23.9 Å². The molecule has 0 radical (unpaired) electrons. The molecule has 1 heterocycles. The zero-order valence-corrected chi connectivity index (χ0v) is 17.1. The van der Waals surface area contributed by atoms with Crippen molar-refractivity contribution in [2.45, 2.75) is 19.8 Å². The molecule has 1 aliphatic rings. The van der Waals surface area contributed by atoms with Gasteiger partial charge in [0, 0.05) is 32.1 Å². The van der Waals surface area contributed by atoms with Crippen LogP contribution in [0.3, 0.4) is 0 Å². The lowest BCUT2D eigenvalue weighted by Gasteiger charge is -2.26. The number of nitrogens with zero attached hydrogens (tertiary/aromatic N) is 2. The number of benzene rings is 2. The molecule has 0 aromatic heterocycles. The van der Waals surface area contributed by atoms with Gasteiger partial charge in [0.05, 0.1) is 18.6 Å². The lowest BCUT2D eigenvalue weighted by Crippen LogP contribution is -2.39. The van der Waals surface area contributed by atoms with Crippen molar-refractivity contribution in [1.29, 1.82) is 0 Å². The predicted octanol–water partition coefficient (Wildman–Crippen LogP) is 3.56. The van der Waals surface area contributed by atoms with Crippen molar-refractivity contribution >= 4 is 11.8 Å². The van der Waals surface area contributed by atoms with Crippen LogP contribution in [0.15, 0.2) is 48.5 Å². The van der Waals surface area contributed by atoms with E-state index in [1.54, 1.807) is 29.0 Å². The quantitative estimate of drug-likeness (QED) is 0.748. The molecule has 2 atom stereocenters. The monoisotopic (exact) mass is 398 g/mol. The van der Waals surface area contributed by atoms with Crippen molar-refractivity contribution < 1.29 is 18.7 Å². The van der Waals surface area contributed by atoms with Gasteiger partial charge in [0.1, 0.15) is 11.6 Å². The molecule has 2 aromatic rings. The Bertz CT molecular complexity index is 882. The first kappa shape index (κ1) is 20.8. The van der Waals surface area contributed by atoms with Gasteiger partial charge in [-0.1, -0.05) is 30.3 Å². The summed E-state index contributed by atoms with van der Waals surface area (Å²) in [7, 11) is 1.59. The lowest BCUT2D eigenvalue weighted by atomic mass is 9.87. The molecular weight excluding hydrogens is 371 g/mol. The third kappa shape index (κ3) is 4.11. The minimum absolute atomic E-state index is 0.00902. The van der Waals surface area contributed by atoms with E-state index in [0.717, 1.165) is 5.56 Å². The fourth-order valence-electron chi connectivity index (χ4n) is 4.08. The molecule has 5 nitrogen and oxygen atoms in total. The second-order valence-corrected chi connectivity index (χ2v) is 7.16. The Morgan fingerprint density at radius 3 is 2.38 bits per heavy atom. The number of halogens is 1. The Morgan fingerprint density at radius 2 is 1.72 bits per heavy atom. The average molecular weight is 398 g/mol. The number of amides is 2. The molecule has 0 spiro atoms. The molecule has 1 saturated heterocycles. The van der Waals surface area contributed by atoms with Crippen LogP contribution in [0, 0.1) is 11.7 Å². The highest BCUT2D eigenvalue weighted by atomic mass is 19.1. The van der Waals surface area contributed by atoms with Crippen molar-refractivity contribution in [3.8, 4) is 5.75 Å². The van der Waals surface area contributed by atoms with Crippen molar-refractivity contribution in [1.82, 2.24) is 9.80 Å². The summed E-state index contributed by atoms with van der Waals surface area (Å²) in [6, 6.07) is 13.5. The molecule has 1 fully saturated rings. The van der Waals surface area contributed by atoms with Crippen molar-refractivity contribution in [3.05, 3.63) is 65.5 Å². The average Bonchev–Trinajstić information content (AvgIpc) is 3.19. The summed E-state index contributed by atoms with van der Waals surface area (Å²) in [5, 5.41) is 0. The van der Waals surface area contributed by atoms with Crippen molar-refractivity contribution in [2.75, 3.05) is 33.3 Å². The normalized spacial score (nSPS) is 18.6. The summed E-state index contributed by atoms with van der Waals surface area (Å²) in [4.78, 5) is 29.6. The highest BCUT2D eigenvalue weighted by molar-refractivity contribution is 5.95. The van der Waals surface area contributed by atoms with Gasteiger partial charge in [-0.3, -0.25) is 9.59 Å². The molecule has 0 N–H and O–H groups in total. The number of hydrogen-bond acceptors (Lipinski definition) is 3. The fourth-order valence-corrected chi connectivity index (χ4v) is 4.08. The van der Waals surface area contributed by atoms with Crippen LogP contribution in [0.4, 0.5) is 4.39 Å². The number of carbonyl (C=O) groups excluding carboxylic acids is 2. The van der Waals surface area contributed by atoms with Crippen LogP contribution in [0.5, 0.6) is 5.75 Å². The first-order chi connectivity index (χ1) is 14.0. The molecule has 1 aliphatic heterocycles. The Morgan fingerprint density at radius 1 is 1.07 bits per heavy atom. The van der Waals surface area contributed by atoms with E-state index < -0.39 is 17.6 Å². The van der Waals surface area contributed by atoms with Gasteiger partial charge in [0.15, 0.2) is 0 Å². The summed E-state index contributed by atoms with van der Waals surface area (Å²) >= 11 is 0. The van der Waals surface area contributed by atoms with E-state index in [0.29, 0.717) is 25.4 Å². The van der Waals surface area contributed by atoms with Gasteiger partial charge in [0.2, 0.25) is 5.91 Å². The molecule has 2 amide bonds. The van der Waals surface area contributed by atoms with Gasteiger partial charge in [-0.25, -0.2) is 4.39 Å². The van der Waals surface area contributed by atoms with Gasteiger partial charge in [-0.05, 0) is 37.6 Å². The Hall–Kier alpha value is -2.89. The van der Waals surface area contributed by atoms with Gasteiger partial charge in [-0.2, -0.15) is 0 Å². The van der Waals surface area contributed by atoms with E-state index in [2.05, 4.69) is 0 Å². The molecule has 29 heavy (non-hydrogen) atoms. The van der Waals surface area contributed by atoms with Crippen LogP contribution < -0.4 is 4.74 Å². The van der Waals surface area contributed by atoms with Crippen LogP contribution in [0.1, 0.15) is 35.7 Å². The van der Waals surface area contributed by atoms with Crippen molar-refractivity contribution in [2.24, 2.45) is 5.92 Å². The van der Waals surface area contributed by atoms with E-state index in [1.165, 1.54) is 12.1 Å². The third-order valence-electron chi connectivity index (χ3n) is 5.64. The van der Waals surface area contributed by atoms with E-state index in [4.69, 9.17) is 4.74 Å². The van der Waals surface area contributed by atoms with Crippen LogP contribution in [0.2, 0.25) is 0 Å². The number of hydrogen-bond donors (Lipinski definition) is 0. The van der Waals surface area contributed by atoms with Crippen LogP contribution >= 0.6 is 0 Å². The topological polar surface area (TPSA) is 49.9 Å². The fraction of sp³-hybridized carbons (Fsp3) is 0.391. The first-order valence-corrected chi connectivity index (χ1v) is 9.97. The van der Waals surface area contributed by atoms with Gasteiger partial charge < -0.3 is 14.5 Å².